The van der Waals surface area contributed by atoms with Crippen molar-refractivity contribution in [2.75, 3.05) is 26.0 Å². The smallest absolute Gasteiger partial charge is 0.265 e. The van der Waals surface area contributed by atoms with Gasteiger partial charge in [-0.05, 0) is 61.6 Å². The van der Waals surface area contributed by atoms with E-state index < -0.39 is 10.0 Å². The Morgan fingerprint density at radius 2 is 2.00 bits per heavy atom. The Kier molecular flexibility index (Phi) is 7.43. The van der Waals surface area contributed by atoms with Gasteiger partial charge in [-0.1, -0.05) is 6.07 Å². The molecule has 9 nitrogen and oxygen atoms in total. The van der Waals surface area contributed by atoms with Gasteiger partial charge in [0.1, 0.15) is 4.88 Å². The zero-order chi connectivity index (χ0) is 25.3. The zero-order valence-corrected chi connectivity index (χ0v) is 22.3. The van der Waals surface area contributed by atoms with Gasteiger partial charge < -0.3 is 9.64 Å². The van der Waals surface area contributed by atoms with Gasteiger partial charge in [0.05, 0.1) is 41.8 Å². The normalized spacial score (nSPS) is 25.3. The van der Waals surface area contributed by atoms with Crippen LogP contribution in [0.25, 0.3) is 10.9 Å². The highest BCUT2D eigenvalue weighted by molar-refractivity contribution is 7.88. The predicted octanol–water partition coefficient (Wildman–Crippen LogP) is 3.15. The molecule has 0 spiro atoms. The number of sulfonamides is 1. The molecule has 1 saturated heterocycles. The topological polar surface area (TPSA) is 106 Å². The molecule has 194 valence electrons. The van der Waals surface area contributed by atoms with E-state index in [4.69, 9.17) is 4.74 Å². The standard InChI is InChI=1S/C25H33N5O4S2/c1-29-22-8-7-19(11-20(22)12-27-29)18-5-3-17(4-6-18)15-34-23-14-30(25(31)24-13-26-16-35-24)10-9-21(23)28-36(2,32)33/h7-8,11-13,16-18,21,23,28H,3-6,9-10,14-15H2,1-2H3/t17?,18?,21?,23-/m1/s1. The number of carbonyl (C=O) groups is 1. The van der Waals surface area contributed by atoms with Crippen molar-refractivity contribution < 1.29 is 17.9 Å². The van der Waals surface area contributed by atoms with Crippen LogP contribution in [-0.4, -0.2) is 72.1 Å². The lowest BCUT2D eigenvalue weighted by atomic mass is 9.79. The van der Waals surface area contributed by atoms with Gasteiger partial charge in [0.2, 0.25) is 10.0 Å². The number of piperidine rings is 1. The number of benzene rings is 1. The highest BCUT2D eigenvalue weighted by Gasteiger charge is 2.35. The van der Waals surface area contributed by atoms with Crippen molar-refractivity contribution in [2.24, 2.45) is 13.0 Å². The van der Waals surface area contributed by atoms with Crippen LogP contribution in [-0.2, 0) is 21.8 Å². The fourth-order valence-corrected chi connectivity index (χ4v) is 6.92. The molecular formula is C25H33N5O4S2. The Labute approximate surface area is 215 Å². The molecular weight excluding hydrogens is 498 g/mol. The Morgan fingerprint density at radius 3 is 2.72 bits per heavy atom. The average Bonchev–Trinajstić information content (AvgIpc) is 3.53. The number of hydrogen-bond acceptors (Lipinski definition) is 7. The summed E-state index contributed by atoms with van der Waals surface area (Å²) in [5, 5.41) is 5.53. The largest absolute Gasteiger partial charge is 0.374 e. The monoisotopic (exact) mass is 531 g/mol. The lowest BCUT2D eigenvalue weighted by Gasteiger charge is -2.39. The maximum atomic E-state index is 12.9. The Hall–Kier alpha value is -2.34. The van der Waals surface area contributed by atoms with Gasteiger partial charge in [0, 0.05) is 32.1 Å². The minimum Gasteiger partial charge on any atom is -0.374 e. The summed E-state index contributed by atoms with van der Waals surface area (Å²) < 4.78 is 34.9. The molecule has 1 N–H and O–H groups in total. The molecule has 1 saturated carbocycles. The van der Waals surface area contributed by atoms with E-state index in [1.807, 2.05) is 17.9 Å². The highest BCUT2D eigenvalue weighted by Crippen LogP contribution is 2.37. The van der Waals surface area contributed by atoms with Crippen LogP contribution in [0, 0.1) is 5.92 Å². The number of aryl methyl sites for hydroxylation is 1. The van der Waals surface area contributed by atoms with E-state index in [-0.39, 0.29) is 18.1 Å². The summed E-state index contributed by atoms with van der Waals surface area (Å²) in [5.74, 6) is 0.887. The van der Waals surface area contributed by atoms with Crippen molar-refractivity contribution in [1.29, 1.82) is 0 Å². The molecule has 1 aromatic carbocycles. The van der Waals surface area contributed by atoms with Gasteiger partial charge in [-0.15, -0.1) is 11.3 Å². The molecule has 36 heavy (non-hydrogen) atoms. The van der Waals surface area contributed by atoms with Crippen molar-refractivity contribution in [3.05, 3.63) is 46.5 Å². The number of likely N-dealkylation sites (tertiary alicyclic amines) is 1. The van der Waals surface area contributed by atoms with Crippen molar-refractivity contribution in [1.82, 2.24) is 24.4 Å². The lowest BCUT2D eigenvalue weighted by Crippen LogP contribution is -2.56. The molecule has 1 amide bonds. The Bertz CT molecular complexity index is 1300. The molecule has 0 radical (unpaired) electrons. The first-order chi connectivity index (χ1) is 17.3. The van der Waals surface area contributed by atoms with E-state index in [0.29, 0.717) is 42.8 Å². The summed E-state index contributed by atoms with van der Waals surface area (Å²) in [6.45, 7) is 1.42. The van der Waals surface area contributed by atoms with Crippen LogP contribution >= 0.6 is 11.3 Å². The Morgan fingerprint density at radius 1 is 1.19 bits per heavy atom. The SMILES string of the molecule is Cn1ncc2cc(C3CCC(CO[C@@H]4CN(C(=O)c5cncs5)CCC4NS(C)(=O)=O)CC3)ccc21. The van der Waals surface area contributed by atoms with Gasteiger partial charge >= 0.3 is 0 Å². The first-order valence-corrected chi connectivity index (χ1v) is 15.2. The van der Waals surface area contributed by atoms with Crippen LogP contribution in [0.1, 0.15) is 53.3 Å². The molecule has 5 rings (SSSR count). The molecule has 0 bridgehead atoms. The van der Waals surface area contributed by atoms with Gasteiger partial charge in [0.25, 0.3) is 5.91 Å². The molecule has 1 aliphatic carbocycles. The number of amides is 1. The molecule has 11 heteroatoms. The number of carbonyl (C=O) groups excluding carboxylic acids is 1. The number of aromatic nitrogens is 3. The second kappa shape index (κ2) is 10.6. The number of hydrogen-bond donors (Lipinski definition) is 1. The first kappa shape index (κ1) is 25.3. The maximum absolute atomic E-state index is 12.9. The van der Waals surface area contributed by atoms with Crippen LogP contribution in [0.15, 0.2) is 36.1 Å². The summed E-state index contributed by atoms with van der Waals surface area (Å²) in [6.07, 6.45) is 9.15. The minimum absolute atomic E-state index is 0.0741. The molecule has 2 atom stereocenters. The van der Waals surface area contributed by atoms with Crippen LogP contribution in [0.4, 0.5) is 0 Å². The summed E-state index contributed by atoms with van der Waals surface area (Å²) >= 11 is 1.31. The molecule has 2 aromatic heterocycles. The van der Waals surface area contributed by atoms with E-state index in [1.54, 1.807) is 16.6 Å². The zero-order valence-electron chi connectivity index (χ0n) is 20.7. The highest BCUT2D eigenvalue weighted by atomic mass is 32.2. The van der Waals surface area contributed by atoms with Crippen molar-refractivity contribution in [3.63, 3.8) is 0 Å². The van der Waals surface area contributed by atoms with Crippen LogP contribution in [0.5, 0.6) is 0 Å². The number of nitrogens with zero attached hydrogens (tertiary/aromatic N) is 4. The number of fused-ring (bicyclic) bond motifs is 1. The molecule has 2 fully saturated rings. The predicted molar refractivity (Wildman–Crippen MR) is 140 cm³/mol. The van der Waals surface area contributed by atoms with E-state index in [1.165, 1.54) is 28.5 Å². The third-order valence-electron chi connectivity index (χ3n) is 7.49. The van der Waals surface area contributed by atoms with Crippen molar-refractivity contribution >= 4 is 38.2 Å². The number of thiazole rings is 1. The second-order valence-corrected chi connectivity index (χ2v) is 12.7. The first-order valence-electron chi connectivity index (χ1n) is 12.4. The fourth-order valence-electron chi connectivity index (χ4n) is 5.52. The summed E-state index contributed by atoms with van der Waals surface area (Å²) in [5.41, 5.74) is 4.16. The van der Waals surface area contributed by atoms with E-state index in [2.05, 4.69) is 33.0 Å². The summed E-state index contributed by atoms with van der Waals surface area (Å²) in [6, 6.07) is 6.31. The minimum atomic E-state index is -3.38. The summed E-state index contributed by atoms with van der Waals surface area (Å²) in [4.78, 5) is 19.2. The summed E-state index contributed by atoms with van der Waals surface area (Å²) in [7, 11) is -1.42. The van der Waals surface area contributed by atoms with Gasteiger partial charge in [-0.3, -0.25) is 14.5 Å². The van der Waals surface area contributed by atoms with E-state index in [0.717, 1.165) is 31.2 Å². The molecule has 1 aliphatic heterocycles. The molecule has 2 aliphatic rings. The van der Waals surface area contributed by atoms with E-state index >= 15 is 0 Å². The molecule has 1 unspecified atom stereocenters. The Balaban J connectivity index is 1.18. The molecule has 3 aromatic rings. The maximum Gasteiger partial charge on any atom is 0.265 e. The lowest BCUT2D eigenvalue weighted by molar-refractivity contribution is -0.0310. The number of ether oxygens (including phenoxy) is 1. The quantitative estimate of drug-likeness (QED) is 0.502. The average molecular weight is 532 g/mol. The van der Waals surface area contributed by atoms with Crippen LogP contribution < -0.4 is 4.72 Å². The van der Waals surface area contributed by atoms with Crippen LogP contribution in [0.2, 0.25) is 0 Å². The van der Waals surface area contributed by atoms with E-state index in [9.17, 15) is 13.2 Å². The number of rotatable bonds is 7. The second-order valence-electron chi connectivity index (χ2n) is 10.1. The third kappa shape index (κ3) is 5.80. The van der Waals surface area contributed by atoms with Crippen molar-refractivity contribution in [2.45, 2.75) is 50.2 Å². The van der Waals surface area contributed by atoms with Crippen LogP contribution in [0.3, 0.4) is 0 Å². The number of nitrogens with one attached hydrogen (secondary N) is 1. The van der Waals surface area contributed by atoms with Crippen molar-refractivity contribution in [3.8, 4) is 0 Å². The van der Waals surface area contributed by atoms with Gasteiger partial charge in [-0.2, -0.15) is 5.10 Å². The fraction of sp³-hybridized carbons (Fsp3) is 0.560. The van der Waals surface area contributed by atoms with Gasteiger partial charge in [-0.25, -0.2) is 13.1 Å². The van der Waals surface area contributed by atoms with Gasteiger partial charge in [0.15, 0.2) is 0 Å². The third-order valence-corrected chi connectivity index (χ3v) is 8.98. The molecule has 3 heterocycles.